The molecular formula is C38H48O5. The van der Waals surface area contributed by atoms with Gasteiger partial charge >= 0.3 is 0 Å². The maximum Gasteiger partial charge on any atom is 0.168 e. The lowest BCUT2D eigenvalue weighted by Crippen LogP contribution is -2.50. The van der Waals surface area contributed by atoms with Gasteiger partial charge in [-0.1, -0.05) is 73.5 Å². The molecule has 4 saturated carbocycles. The fourth-order valence-corrected chi connectivity index (χ4v) is 9.11. The third-order valence-corrected chi connectivity index (χ3v) is 11.5. The Labute approximate surface area is 257 Å². The highest BCUT2D eigenvalue weighted by Crippen LogP contribution is 2.54. The van der Waals surface area contributed by atoms with Crippen LogP contribution in [0.3, 0.4) is 0 Å². The number of ketones is 3. The van der Waals surface area contributed by atoms with E-state index in [0.717, 1.165) is 83.5 Å². The van der Waals surface area contributed by atoms with Gasteiger partial charge < -0.3 is 9.47 Å². The summed E-state index contributed by atoms with van der Waals surface area (Å²) in [6, 6.07) is 20.8. The standard InChI is InChI=1S/C20H26O3.C18H22O2/c21-18-9-5-4-8-17-15-20(22-12-13-23-20)11-10-19(17,18)14-16-6-2-1-3-7-16;19-16-10-11-18(13-14-6-2-1-3-7-14)15(12-16)8-4-5-9-17(18)20/h1-3,6-7,17H,4-5,8-15H2;1-3,6-7,15H,4-5,8-13H2/t17-,19-;15-,18-/m00/s1. The number of benzene rings is 2. The van der Waals surface area contributed by atoms with Crippen molar-refractivity contribution in [2.24, 2.45) is 22.7 Å². The molecule has 5 heteroatoms. The Bertz CT molecular complexity index is 1270. The molecule has 0 aromatic heterocycles. The van der Waals surface area contributed by atoms with Gasteiger partial charge in [-0.3, -0.25) is 14.4 Å². The highest BCUT2D eigenvalue weighted by Gasteiger charge is 2.55. The van der Waals surface area contributed by atoms with Crippen LogP contribution in [0.25, 0.3) is 0 Å². The summed E-state index contributed by atoms with van der Waals surface area (Å²) in [6.07, 6.45) is 14.3. The highest BCUT2D eigenvalue weighted by atomic mass is 16.7. The molecule has 1 spiro atoms. The van der Waals surface area contributed by atoms with Crippen molar-refractivity contribution in [3.8, 4) is 0 Å². The predicted octanol–water partition coefficient (Wildman–Crippen LogP) is 7.63. The molecule has 0 N–H and O–H groups in total. The van der Waals surface area contributed by atoms with Gasteiger partial charge in [-0.15, -0.1) is 0 Å². The number of carbonyl (C=O) groups is 3. The molecule has 0 bridgehead atoms. The van der Waals surface area contributed by atoms with Crippen molar-refractivity contribution in [3.05, 3.63) is 71.8 Å². The predicted molar refractivity (Wildman–Crippen MR) is 166 cm³/mol. The van der Waals surface area contributed by atoms with Crippen molar-refractivity contribution < 1.29 is 23.9 Å². The second-order valence-corrected chi connectivity index (χ2v) is 13.9. The Morgan fingerprint density at radius 2 is 1.14 bits per heavy atom. The molecule has 5 aliphatic rings. The van der Waals surface area contributed by atoms with Crippen LogP contribution < -0.4 is 0 Å². The first-order valence-corrected chi connectivity index (χ1v) is 16.9. The normalized spacial score (nSPS) is 32.1. The third kappa shape index (κ3) is 6.44. The first-order valence-electron chi connectivity index (χ1n) is 16.9. The van der Waals surface area contributed by atoms with E-state index in [9.17, 15) is 14.4 Å². The third-order valence-electron chi connectivity index (χ3n) is 11.5. The molecule has 1 aliphatic heterocycles. The lowest BCUT2D eigenvalue weighted by atomic mass is 9.59. The molecule has 2 aromatic rings. The largest absolute Gasteiger partial charge is 0.348 e. The molecule has 7 rings (SSSR count). The van der Waals surface area contributed by atoms with Gasteiger partial charge in [0.15, 0.2) is 5.79 Å². The van der Waals surface area contributed by atoms with Crippen LogP contribution in [0.15, 0.2) is 60.7 Å². The number of carbonyl (C=O) groups excluding carboxylic acids is 3. The molecule has 43 heavy (non-hydrogen) atoms. The van der Waals surface area contributed by atoms with Gasteiger partial charge in [0.1, 0.15) is 17.3 Å². The Hall–Kier alpha value is -2.63. The molecule has 4 atom stereocenters. The zero-order valence-corrected chi connectivity index (χ0v) is 25.7. The van der Waals surface area contributed by atoms with E-state index in [1.54, 1.807) is 0 Å². The monoisotopic (exact) mass is 584 g/mol. The number of ether oxygens (including phenoxy) is 2. The topological polar surface area (TPSA) is 69.7 Å². The Balaban J connectivity index is 0.000000155. The van der Waals surface area contributed by atoms with E-state index < -0.39 is 5.79 Å². The number of hydrogen-bond acceptors (Lipinski definition) is 5. The van der Waals surface area contributed by atoms with Crippen LogP contribution in [0.1, 0.15) is 101 Å². The van der Waals surface area contributed by atoms with Gasteiger partial charge in [-0.25, -0.2) is 0 Å². The van der Waals surface area contributed by atoms with Crippen molar-refractivity contribution in [2.45, 2.75) is 109 Å². The molecule has 2 aromatic carbocycles. The second-order valence-electron chi connectivity index (χ2n) is 13.9. The summed E-state index contributed by atoms with van der Waals surface area (Å²) in [5.41, 5.74) is 2.07. The number of Topliss-reactive ketones (excluding diaryl/α,β-unsaturated/α-hetero) is 3. The molecule has 1 saturated heterocycles. The fourth-order valence-electron chi connectivity index (χ4n) is 9.11. The molecule has 5 fully saturated rings. The molecule has 0 unspecified atom stereocenters. The van der Waals surface area contributed by atoms with Gasteiger partial charge in [0.05, 0.1) is 13.2 Å². The van der Waals surface area contributed by atoms with Crippen LogP contribution in [0.5, 0.6) is 0 Å². The molecular weight excluding hydrogens is 536 g/mol. The van der Waals surface area contributed by atoms with E-state index in [1.165, 1.54) is 11.1 Å². The van der Waals surface area contributed by atoms with E-state index >= 15 is 0 Å². The summed E-state index contributed by atoms with van der Waals surface area (Å²) in [7, 11) is 0. The van der Waals surface area contributed by atoms with Gasteiger partial charge in [0.25, 0.3) is 0 Å². The molecule has 0 radical (unpaired) electrons. The van der Waals surface area contributed by atoms with Crippen LogP contribution >= 0.6 is 0 Å². The van der Waals surface area contributed by atoms with Gasteiger partial charge in [0.2, 0.25) is 0 Å². The van der Waals surface area contributed by atoms with E-state index in [1.807, 2.05) is 24.3 Å². The van der Waals surface area contributed by atoms with Gasteiger partial charge in [0, 0.05) is 49.4 Å². The van der Waals surface area contributed by atoms with Crippen LogP contribution in [-0.2, 0) is 36.7 Å². The Morgan fingerprint density at radius 3 is 1.72 bits per heavy atom. The average molecular weight is 585 g/mol. The fraction of sp³-hybridized carbons (Fsp3) is 0.605. The van der Waals surface area contributed by atoms with Gasteiger partial charge in [-0.05, 0) is 74.3 Å². The highest BCUT2D eigenvalue weighted by molar-refractivity contribution is 5.90. The molecule has 4 aliphatic carbocycles. The molecule has 0 amide bonds. The SMILES string of the molecule is O=C1CCCC[C@H]2CC3(CC[C@@]12Cc1ccccc1)OCCO3.O=C1CC[C@@]2(Cc3ccccc3)C(=O)CCCC[C@H]2C1. The average Bonchev–Trinajstić information content (AvgIpc) is 3.35. The van der Waals surface area contributed by atoms with Gasteiger partial charge in [-0.2, -0.15) is 0 Å². The first kappa shape index (κ1) is 30.4. The van der Waals surface area contributed by atoms with Crippen molar-refractivity contribution >= 4 is 17.3 Å². The van der Waals surface area contributed by atoms with Crippen LogP contribution in [0.4, 0.5) is 0 Å². The van der Waals surface area contributed by atoms with Crippen molar-refractivity contribution in [2.75, 3.05) is 13.2 Å². The quantitative estimate of drug-likeness (QED) is 0.370. The Kier molecular flexibility index (Phi) is 9.30. The minimum absolute atomic E-state index is 0.196. The van der Waals surface area contributed by atoms with Crippen molar-refractivity contribution in [3.63, 3.8) is 0 Å². The van der Waals surface area contributed by atoms with E-state index in [2.05, 4.69) is 36.4 Å². The second kappa shape index (κ2) is 13.2. The van der Waals surface area contributed by atoms with Crippen LogP contribution in [0.2, 0.25) is 0 Å². The maximum absolute atomic E-state index is 13.1. The summed E-state index contributed by atoms with van der Waals surface area (Å²) in [4.78, 5) is 37.7. The molecule has 5 nitrogen and oxygen atoms in total. The summed E-state index contributed by atoms with van der Waals surface area (Å²) in [5, 5.41) is 0. The van der Waals surface area contributed by atoms with E-state index in [0.29, 0.717) is 55.7 Å². The minimum Gasteiger partial charge on any atom is -0.348 e. The zero-order valence-electron chi connectivity index (χ0n) is 25.7. The number of rotatable bonds is 4. The smallest absolute Gasteiger partial charge is 0.168 e. The zero-order chi connectivity index (χ0) is 29.8. The summed E-state index contributed by atoms with van der Waals surface area (Å²) < 4.78 is 11.9. The first-order chi connectivity index (χ1) is 20.9. The maximum atomic E-state index is 13.1. The molecule has 1 heterocycles. The van der Waals surface area contributed by atoms with Crippen molar-refractivity contribution in [1.82, 2.24) is 0 Å². The minimum atomic E-state index is -0.393. The summed E-state index contributed by atoms with van der Waals surface area (Å²) in [5.74, 6) is 1.53. The van der Waals surface area contributed by atoms with Crippen molar-refractivity contribution in [1.29, 1.82) is 0 Å². The van der Waals surface area contributed by atoms with E-state index in [-0.39, 0.29) is 16.7 Å². The molecule has 230 valence electrons. The lowest BCUT2D eigenvalue weighted by molar-refractivity contribution is -0.207. The lowest BCUT2D eigenvalue weighted by Gasteiger charge is -2.48. The van der Waals surface area contributed by atoms with Crippen LogP contribution in [-0.4, -0.2) is 36.4 Å². The Morgan fingerprint density at radius 1 is 0.605 bits per heavy atom. The number of hydrogen-bond donors (Lipinski definition) is 0. The van der Waals surface area contributed by atoms with E-state index in [4.69, 9.17) is 9.47 Å². The summed E-state index contributed by atoms with van der Waals surface area (Å²) >= 11 is 0. The summed E-state index contributed by atoms with van der Waals surface area (Å²) in [6.45, 7) is 1.40. The number of fused-ring (bicyclic) bond motifs is 2. The van der Waals surface area contributed by atoms with Crippen LogP contribution in [0, 0.1) is 22.7 Å².